The minimum atomic E-state index is -1.76. The molecule has 0 saturated heterocycles. The number of carbonyl (C=O) groups excluding carboxylic acids is 1. The summed E-state index contributed by atoms with van der Waals surface area (Å²) in [6.07, 6.45) is 1.99. The Balaban J connectivity index is 2.43. The summed E-state index contributed by atoms with van der Waals surface area (Å²) < 4.78 is 13.4. The number of carboxylic acid groups (broad SMARTS) is 1. The van der Waals surface area contributed by atoms with Crippen molar-refractivity contribution in [3.05, 3.63) is 35.2 Å². The second-order valence-corrected chi connectivity index (χ2v) is 5.46. The maximum Gasteiger partial charge on any atom is 0.149 e. The molecule has 0 bridgehead atoms. The third kappa shape index (κ3) is 2.69. The predicted octanol–water partition coefficient (Wildman–Crippen LogP) is 2.30. The Hall–Kier alpha value is -1.84. The Bertz CT molecular complexity index is 564. The number of fused-ring (bicyclic) bond motifs is 1. The molecule has 1 aromatic carbocycles. The number of rotatable bonds is 3. The van der Waals surface area contributed by atoms with E-state index in [1.807, 2.05) is 12.1 Å². The number of hydrogen-bond acceptors (Lipinski definition) is 3. The van der Waals surface area contributed by atoms with Crippen molar-refractivity contribution in [3.8, 4) is 0 Å². The zero-order valence-electron chi connectivity index (χ0n) is 12.1. The summed E-state index contributed by atoms with van der Waals surface area (Å²) in [7, 11) is 0. The average Bonchev–Trinajstić information content (AvgIpc) is 2.44. The highest BCUT2D eigenvalue weighted by molar-refractivity contribution is 5.92. The highest BCUT2D eigenvalue weighted by atomic mass is 19.1. The lowest BCUT2D eigenvalue weighted by atomic mass is 9.95. The van der Waals surface area contributed by atoms with E-state index in [-0.39, 0.29) is 5.57 Å². The number of anilines is 1. The first-order valence-electron chi connectivity index (χ1n) is 6.89. The first kappa shape index (κ1) is 14.6. The van der Waals surface area contributed by atoms with Gasteiger partial charge in [0.2, 0.25) is 0 Å². The molecule has 20 heavy (non-hydrogen) atoms. The van der Waals surface area contributed by atoms with Crippen molar-refractivity contribution < 1.29 is 14.3 Å². The van der Waals surface area contributed by atoms with Crippen LogP contribution in [0.1, 0.15) is 38.3 Å². The number of carboxylic acids is 1. The van der Waals surface area contributed by atoms with Crippen molar-refractivity contribution in [2.75, 3.05) is 11.4 Å². The van der Waals surface area contributed by atoms with Crippen LogP contribution >= 0.6 is 0 Å². The SMILES string of the molecule is C/C(=C(\F)C(=O)[O-])c1ccc2c(c1)CCCN2C(C)C. The summed E-state index contributed by atoms with van der Waals surface area (Å²) in [5.74, 6) is -2.95. The van der Waals surface area contributed by atoms with E-state index in [0.717, 1.165) is 30.6 Å². The van der Waals surface area contributed by atoms with Gasteiger partial charge in [0.25, 0.3) is 0 Å². The van der Waals surface area contributed by atoms with Crippen LogP contribution in [0, 0.1) is 0 Å². The molecule has 3 nitrogen and oxygen atoms in total. The molecule has 1 aliphatic rings. The van der Waals surface area contributed by atoms with E-state index >= 15 is 0 Å². The molecule has 1 aromatic rings. The van der Waals surface area contributed by atoms with E-state index in [4.69, 9.17) is 0 Å². The lowest BCUT2D eigenvalue weighted by Gasteiger charge is -2.35. The van der Waals surface area contributed by atoms with Gasteiger partial charge in [-0.05, 0) is 62.4 Å². The minimum Gasteiger partial charge on any atom is -0.542 e. The number of aryl methyl sites for hydroxylation is 1. The van der Waals surface area contributed by atoms with Gasteiger partial charge in [-0.25, -0.2) is 4.39 Å². The lowest BCUT2D eigenvalue weighted by Crippen LogP contribution is -2.35. The average molecular weight is 276 g/mol. The maximum atomic E-state index is 13.4. The molecule has 0 radical (unpaired) electrons. The fourth-order valence-corrected chi connectivity index (χ4v) is 2.68. The zero-order chi connectivity index (χ0) is 14.9. The standard InChI is InChI=1S/C16H20FNO2/c1-10(2)18-8-4-5-13-9-12(6-7-14(13)18)11(3)15(17)16(19)20/h6-7,9-10H,4-5,8H2,1-3H3,(H,19,20)/p-1/b15-11+. The molecule has 0 aliphatic carbocycles. The lowest BCUT2D eigenvalue weighted by molar-refractivity contribution is -0.301. The van der Waals surface area contributed by atoms with Crippen LogP contribution in [-0.4, -0.2) is 18.6 Å². The number of allylic oxidation sites excluding steroid dienone is 1. The van der Waals surface area contributed by atoms with Crippen molar-refractivity contribution in [1.82, 2.24) is 0 Å². The van der Waals surface area contributed by atoms with E-state index < -0.39 is 11.8 Å². The smallest absolute Gasteiger partial charge is 0.149 e. The highest BCUT2D eigenvalue weighted by Gasteiger charge is 2.19. The third-order valence-electron chi connectivity index (χ3n) is 3.80. The highest BCUT2D eigenvalue weighted by Crippen LogP contribution is 2.32. The Morgan fingerprint density at radius 3 is 2.70 bits per heavy atom. The molecule has 0 N–H and O–H groups in total. The van der Waals surface area contributed by atoms with Crippen LogP contribution in [0.25, 0.3) is 5.57 Å². The van der Waals surface area contributed by atoms with Crippen molar-refractivity contribution >= 4 is 17.2 Å². The van der Waals surface area contributed by atoms with E-state index in [1.165, 1.54) is 6.92 Å². The first-order valence-corrected chi connectivity index (χ1v) is 6.89. The van der Waals surface area contributed by atoms with Gasteiger partial charge in [0.15, 0.2) is 0 Å². The molecule has 108 valence electrons. The number of carbonyl (C=O) groups is 1. The van der Waals surface area contributed by atoms with Crippen LogP contribution in [0.15, 0.2) is 24.0 Å². The van der Waals surface area contributed by atoms with Crippen LogP contribution in [0.3, 0.4) is 0 Å². The van der Waals surface area contributed by atoms with Crippen LogP contribution in [-0.2, 0) is 11.2 Å². The van der Waals surface area contributed by atoms with Gasteiger partial charge < -0.3 is 14.8 Å². The van der Waals surface area contributed by atoms with Crippen LogP contribution in [0.2, 0.25) is 0 Å². The monoisotopic (exact) mass is 276 g/mol. The summed E-state index contributed by atoms with van der Waals surface area (Å²) in [6, 6.07) is 6.03. The summed E-state index contributed by atoms with van der Waals surface area (Å²) in [4.78, 5) is 12.9. The first-order chi connectivity index (χ1) is 9.41. The Morgan fingerprint density at radius 1 is 1.40 bits per heavy atom. The quantitative estimate of drug-likeness (QED) is 0.796. The normalized spacial score (nSPS) is 15.9. The summed E-state index contributed by atoms with van der Waals surface area (Å²) in [5.41, 5.74) is 3.04. The molecule has 0 aromatic heterocycles. The second-order valence-electron chi connectivity index (χ2n) is 5.46. The molecule has 0 amide bonds. The summed E-state index contributed by atoms with van der Waals surface area (Å²) >= 11 is 0. The molecular weight excluding hydrogens is 257 g/mol. The molecule has 0 saturated carbocycles. The molecule has 0 spiro atoms. The summed E-state index contributed by atoms with van der Waals surface area (Å²) in [5, 5.41) is 10.6. The third-order valence-corrected chi connectivity index (χ3v) is 3.80. The van der Waals surface area contributed by atoms with Crippen LogP contribution in [0.5, 0.6) is 0 Å². The van der Waals surface area contributed by atoms with Crippen LogP contribution in [0.4, 0.5) is 10.1 Å². The van der Waals surface area contributed by atoms with E-state index in [1.54, 1.807) is 6.07 Å². The van der Waals surface area contributed by atoms with E-state index in [0.29, 0.717) is 11.6 Å². The fraction of sp³-hybridized carbons (Fsp3) is 0.438. The van der Waals surface area contributed by atoms with Gasteiger partial charge in [-0.3, -0.25) is 0 Å². The van der Waals surface area contributed by atoms with Gasteiger partial charge in [0, 0.05) is 18.3 Å². The number of aliphatic carboxylic acids is 1. The molecular formula is C16H19FNO2-. The molecule has 1 heterocycles. The molecule has 0 unspecified atom stereocenters. The zero-order valence-corrected chi connectivity index (χ0v) is 12.1. The Labute approximate surface area is 118 Å². The van der Waals surface area contributed by atoms with Crippen LogP contribution < -0.4 is 10.0 Å². The van der Waals surface area contributed by atoms with E-state index in [9.17, 15) is 14.3 Å². The van der Waals surface area contributed by atoms with Gasteiger partial charge in [-0.2, -0.15) is 0 Å². The van der Waals surface area contributed by atoms with Gasteiger partial charge in [0.1, 0.15) is 11.8 Å². The Kier molecular flexibility index (Phi) is 4.12. The molecule has 2 rings (SSSR count). The predicted molar refractivity (Wildman–Crippen MR) is 76.0 cm³/mol. The van der Waals surface area contributed by atoms with Gasteiger partial charge in [-0.1, -0.05) is 6.07 Å². The number of nitrogens with zero attached hydrogens (tertiary/aromatic N) is 1. The number of halogens is 1. The minimum absolute atomic E-state index is 0.120. The van der Waals surface area contributed by atoms with Gasteiger partial charge >= 0.3 is 0 Å². The molecule has 0 atom stereocenters. The maximum absolute atomic E-state index is 13.4. The van der Waals surface area contributed by atoms with Crippen molar-refractivity contribution in [3.63, 3.8) is 0 Å². The van der Waals surface area contributed by atoms with Crippen molar-refractivity contribution in [1.29, 1.82) is 0 Å². The summed E-state index contributed by atoms with van der Waals surface area (Å²) in [6.45, 7) is 6.77. The molecule has 4 heteroatoms. The molecule has 0 fully saturated rings. The van der Waals surface area contributed by atoms with Crippen molar-refractivity contribution in [2.24, 2.45) is 0 Å². The second kappa shape index (κ2) is 5.65. The Morgan fingerprint density at radius 2 is 2.10 bits per heavy atom. The van der Waals surface area contributed by atoms with E-state index in [2.05, 4.69) is 18.7 Å². The fourth-order valence-electron chi connectivity index (χ4n) is 2.68. The topological polar surface area (TPSA) is 43.4 Å². The molecule has 1 aliphatic heterocycles. The van der Waals surface area contributed by atoms with Gasteiger partial charge in [0.05, 0.1) is 0 Å². The number of benzene rings is 1. The van der Waals surface area contributed by atoms with Crippen molar-refractivity contribution in [2.45, 2.75) is 39.7 Å². The largest absolute Gasteiger partial charge is 0.542 e. The number of hydrogen-bond donors (Lipinski definition) is 0. The van der Waals surface area contributed by atoms with Gasteiger partial charge in [-0.15, -0.1) is 0 Å².